The molecule has 22 heavy (non-hydrogen) atoms. The standard InChI is InChI=1S/C19H29ClN2/c1-21-18-9-11-22(12-10-18)14-19(15-5-2-3-6-15)16-7-4-8-17(20)13-16/h4,7-8,13,15,18-19,21H,2-3,5-6,9-12,14H2,1H3. The Morgan fingerprint density at radius 3 is 2.55 bits per heavy atom. The number of halogens is 1. The van der Waals surface area contributed by atoms with Crippen LogP contribution in [0, 0.1) is 5.92 Å². The van der Waals surface area contributed by atoms with Gasteiger partial charge in [-0.1, -0.05) is 36.6 Å². The molecule has 0 aromatic heterocycles. The third-order valence-corrected chi connectivity index (χ3v) is 5.93. The van der Waals surface area contributed by atoms with Crippen LogP contribution >= 0.6 is 11.6 Å². The summed E-state index contributed by atoms with van der Waals surface area (Å²) < 4.78 is 0. The van der Waals surface area contributed by atoms with Gasteiger partial charge in [-0.3, -0.25) is 0 Å². The van der Waals surface area contributed by atoms with Crippen molar-refractivity contribution in [3.8, 4) is 0 Å². The number of hydrogen-bond donors (Lipinski definition) is 1. The highest BCUT2D eigenvalue weighted by atomic mass is 35.5. The number of likely N-dealkylation sites (tertiary alicyclic amines) is 1. The molecule has 122 valence electrons. The largest absolute Gasteiger partial charge is 0.317 e. The van der Waals surface area contributed by atoms with Crippen molar-refractivity contribution < 1.29 is 0 Å². The highest BCUT2D eigenvalue weighted by Crippen LogP contribution is 2.38. The lowest BCUT2D eigenvalue weighted by Gasteiger charge is -2.36. The van der Waals surface area contributed by atoms with Crippen molar-refractivity contribution in [3.05, 3.63) is 34.9 Å². The van der Waals surface area contributed by atoms with Crippen molar-refractivity contribution in [2.24, 2.45) is 5.92 Å². The molecule has 0 bridgehead atoms. The number of benzene rings is 1. The van der Waals surface area contributed by atoms with Crippen LogP contribution in [0.5, 0.6) is 0 Å². The van der Waals surface area contributed by atoms with E-state index in [1.807, 2.05) is 6.07 Å². The Labute approximate surface area is 140 Å². The van der Waals surface area contributed by atoms with Crippen LogP contribution in [0.25, 0.3) is 0 Å². The summed E-state index contributed by atoms with van der Waals surface area (Å²) in [5.74, 6) is 1.51. The van der Waals surface area contributed by atoms with E-state index in [-0.39, 0.29) is 0 Å². The predicted molar refractivity (Wildman–Crippen MR) is 94.7 cm³/mol. The first-order valence-electron chi connectivity index (χ1n) is 8.91. The molecule has 2 fully saturated rings. The van der Waals surface area contributed by atoms with Crippen LogP contribution in [0.1, 0.15) is 50.0 Å². The summed E-state index contributed by atoms with van der Waals surface area (Å²) in [6.07, 6.45) is 8.16. The van der Waals surface area contributed by atoms with E-state index in [9.17, 15) is 0 Å². The van der Waals surface area contributed by atoms with Gasteiger partial charge in [0.05, 0.1) is 0 Å². The molecule has 1 aromatic carbocycles. The van der Waals surface area contributed by atoms with Crippen molar-refractivity contribution in [3.63, 3.8) is 0 Å². The van der Waals surface area contributed by atoms with E-state index in [0.717, 1.165) is 10.9 Å². The average molecular weight is 321 g/mol. The van der Waals surface area contributed by atoms with Gasteiger partial charge in [-0.05, 0) is 75.4 Å². The Morgan fingerprint density at radius 2 is 1.91 bits per heavy atom. The Balaban J connectivity index is 1.69. The lowest BCUT2D eigenvalue weighted by molar-refractivity contribution is 0.176. The second-order valence-electron chi connectivity index (χ2n) is 7.07. The van der Waals surface area contributed by atoms with Crippen LogP contribution in [0.4, 0.5) is 0 Å². The second-order valence-corrected chi connectivity index (χ2v) is 7.51. The SMILES string of the molecule is CNC1CCN(CC(c2cccc(Cl)c2)C2CCCC2)CC1. The first kappa shape index (κ1) is 16.3. The van der Waals surface area contributed by atoms with Crippen LogP contribution in [0.2, 0.25) is 5.02 Å². The molecule has 1 heterocycles. The molecule has 1 unspecified atom stereocenters. The summed E-state index contributed by atoms with van der Waals surface area (Å²) in [6, 6.07) is 9.31. The fourth-order valence-corrected chi connectivity index (χ4v) is 4.50. The quantitative estimate of drug-likeness (QED) is 0.870. The zero-order valence-corrected chi connectivity index (χ0v) is 14.5. The summed E-state index contributed by atoms with van der Waals surface area (Å²) >= 11 is 6.25. The molecular formula is C19H29ClN2. The topological polar surface area (TPSA) is 15.3 Å². The molecule has 1 atom stereocenters. The van der Waals surface area contributed by atoms with E-state index in [1.54, 1.807) is 0 Å². The maximum absolute atomic E-state index is 6.25. The molecular weight excluding hydrogens is 292 g/mol. The lowest BCUT2D eigenvalue weighted by Crippen LogP contribution is -2.43. The summed E-state index contributed by atoms with van der Waals surface area (Å²) in [7, 11) is 2.09. The van der Waals surface area contributed by atoms with Gasteiger partial charge in [0.15, 0.2) is 0 Å². The molecule has 2 aliphatic rings. The van der Waals surface area contributed by atoms with Crippen LogP contribution in [-0.4, -0.2) is 37.6 Å². The second kappa shape index (κ2) is 7.81. The van der Waals surface area contributed by atoms with Gasteiger partial charge in [0.2, 0.25) is 0 Å². The minimum atomic E-state index is 0.660. The fourth-order valence-electron chi connectivity index (χ4n) is 4.31. The number of hydrogen-bond acceptors (Lipinski definition) is 2. The third kappa shape index (κ3) is 4.04. The molecule has 1 aromatic rings. The maximum Gasteiger partial charge on any atom is 0.0408 e. The van der Waals surface area contributed by atoms with E-state index >= 15 is 0 Å². The number of rotatable bonds is 5. The van der Waals surface area contributed by atoms with Crippen molar-refractivity contribution in [2.45, 2.75) is 50.5 Å². The van der Waals surface area contributed by atoms with Crippen molar-refractivity contribution in [2.75, 3.05) is 26.7 Å². The zero-order valence-electron chi connectivity index (χ0n) is 13.7. The van der Waals surface area contributed by atoms with Crippen LogP contribution in [-0.2, 0) is 0 Å². The molecule has 3 rings (SSSR count). The monoisotopic (exact) mass is 320 g/mol. The minimum absolute atomic E-state index is 0.660. The van der Waals surface area contributed by atoms with Gasteiger partial charge >= 0.3 is 0 Å². The fraction of sp³-hybridized carbons (Fsp3) is 0.684. The molecule has 2 nitrogen and oxygen atoms in total. The first-order valence-corrected chi connectivity index (χ1v) is 9.29. The van der Waals surface area contributed by atoms with Gasteiger partial charge in [-0.25, -0.2) is 0 Å². The van der Waals surface area contributed by atoms with Gasteiger partial charge in [0.1, 0.15) is 0 Å². The van der Waals surface area contributed by atoms with E-state index in [2.05, 4.69) is 35.5 Å². The predicted octanol–water partition coefficient (Wildman–Crippen LogP) is 4.30. The van der Waals surface area contributed by atoms with E-state index in [1.165, 1.54) is 63.7 Å². The van der Waals surface area contributed by atoms with E-state index in [0.29, 0.717) is 12.0 Å². The molecule has 1 N–H and O–H groups in total. The molecule has 3 heteroatoms. The molecule has 1 saturated carbocycles. The Morgan fingerprint density at radius 1 is 1.18 bits per heavy atom. The van der Waals surface area contributed by atoms with Crippen molar-refractivity contribution in [1.82, 2.24) is 10.2 Å². The zero-order chi connectivity index (χ0) is 15.4. The molecule has 1 saturated heterocycles. The van der Waals surface area contributed by atoms with Gasteiger partial charge in [-0.2, -0.15) is 0 Å². The summed E-state index contributed by atoms with van der Waals surface area (Å²) in [5.41, 5.74) is 1.45. The Hall–Kier alpha value is -0.570. The van der Waals surface area contributed by atoms with Gasteiger partial charge in [0, 0.05) is 17.6 Å². The average Bonchev–Trinajstić information content (AvgIpc) is 3.07. The molecule has 0 spiro atoms. The highest BCUT2D eigenvalue weighted by molar-refractivity contribution is 6.30. The van der Waals surface area contributed by atoms with Gasteiger partial charge in [-0.15, -0.1) is 0 Å². The van der Waals surface area contributed by atoms with Gasteiger partial charge < -0.3 is 10.2 Å². The first-order chi connectivity index (χ1) is 10.8. The number of piperidine rings is 1. The van der Waals surface area contributed by atoms with E-state index < -0.39 is 0 Å². The third-order valence-electron chi connectivity index (χ3n) is 5.70. The Bertz CT molecular complexity index is 462. The number of nitrogens with zero attached hydrogens (tertiary/aromatic N) is 1. The van der Waals surface area contributed by atoms with Crippen molar-refractivity contribution >= 4 is 11.6 Å². The summed E-state index contributed by atoms with van der Waals surface area (Å²) in [6.45, 7) is 3.67. The number of nitrogens with one attached hydrogen (secondary N) is 1. The van der Waals surface area contributed by atoms with Crippen molar-refractivity contribution in [1.29, 1.82) is 0 Å². The minimum Gasteiger partial charge on any atom is -0.317 e. The highest BCUT2D eigenvalue weighted by Gasteiger charge is 2.29. The van der Waals surface area contributed by atoms with Gasteiger partial charge in [0.25, 0.3) is 0 Å². The molecule has 1 aliphatic heterocycles. The smallest absolute Gasteiger partial charge is 0.0408 e. The van der Waals surface area contributed by atoms with Crippen LogP contribution in [0.15, 0.2) is 24.3 Å². The molecule has 1 aliphatic carbocycles. The van der Waals surface area contributed by atoms with Crippen LogP contribution < -0.4 is 5.32 Å². The molecule has 0 amide bonds. The molecule has 0 radical (unpaired) electrons. The van der Waals surface area contributed by atoms with Crippen LogP contribution in [0.3, 0.4) is 0 Å². The Kier molecular flexibility index (Phi) is 5.78. The summed E-state index contributed by atoms with van der Waals surface area (Å²) in [4.78, 5) is 2.68. The van der Waals surface area contributed by atoms with E-state index in [4.69, 9.17) is 11.6 Å². The maximum atomic E-state index is 6.25. The normalized spacial score (nSPS) is 23.0. The lowest BCUT2D eigenvalue weighted by atomic mass is 9.84. The summed E-state index contributed by atoms with van der Waals surface area (Å²) in [5, 5.41) is 4.31.